The van der Waals surface area contributed by atoms with Crippen molar-refractivity contribution in [2.45, 2.75) is 19.3 Å². The number of likely N-dealkylation sites (tertiary alicyclic amines) is 1. The van der Waals surface area contributed by atoms with Gasteiger partial charge in [-0.3, -0.25) is 19.5 Å². The fraction of sp³-hybridized carbons (Fsp3) is 0.500. The van der Waals surface area contributed by atoms with Crippen molar-refractivity contribution >= 4 is 41.8 Å². The van der Waals surface area contributed by atoms with E-state index in [-0.39, 0.29) is 59.5 Å². The molecule has 1 saturated heterocycles. The number of carbonyl (C=O) groups excluding carboxylic acids is 2. The Morgan fingerprint density at radius 1 is 1.17 bits per heavy atom. The van der Waals surface area contributed by atoms with E-state index in [0.29, 0.717) is 32.0 Å². The Hall–Kier alpha value is -2.10. The average molecular weight is 524 g/mol. The van der Waals surface area contributed by atoms with Crippen molar-refractivity contribution in [2.24, 2.45) is 34.4 Å². The third-order valence-corrected chi connectivity index (χ3v) is 6.26. The molecule has 1 aromatic carbocycles. The van der Waals surface area contributed by atoms with Crippen LogP contribution in [0.2, 0.25) is 0 Å². The highest BCUT2D eigenvalue weighted by Gasteiger charge is 2.58. The summed E-state index contributed by atoms with van der Waals surface area (Å²) in [6.45, 7) is 1.59. The molecule has 0 aromatic heterocycles. The number of benzene rings is 1. The van der Waals surface area contributed by atoms with Crippen LogP contribution in [0.5, 0.6) is 5.75 Å². The number of imide groups is 1. The van der Waals surface area contributed by atoms with Crippen LogP contribution < -0.4 is 15.8 Å². The molecule has 4 atom stereocenters. The van der Waals surface area contributed by atoms with Crippen molar-refractivity contribution in [3.8, 4) is 5.75 Å². The molecule has 0 spiro atoms. The zero-order chi connectivity index (χ0) is 20.4. The Bertz CT molecular complexity index is 809. The fourth-order valence-electron chi connectivity index (χ4n) is 4.80. The third-order valence-electron chi connectivity index (χ3n) is 6.26. The number of methoxy groups -OCH3 is 1. The van der Waals surface area contributed by atoms with Crippen molar-refractivity contribution in [2.75, 3.05) is 26.7 Å². The van der Waals surface area contributed by atoms with Crippen molar-refractivity contribution in [3.05, 3.63) is 42.0 Å². The van der Waals surface area contributed by atoms with Gasteiger partial charge >= 0.3 is 0 Å². The number of nitrogens with one attached hydrogen (secondary N) is 1. The molecule has 7 nitrogen and oxygen atoms in total. The van der Waals surface area contributed by atoms with E-state index < -0.39 is 0 Å². The first-order valence-corrected chi connectivity index (χ1v) is 10.3. The predicted molar refractivity (Wildman–Crippen MR) is 126 cm³/mol. The van der Waals surface area contributed by atoms with E-state index in [1.807, 2.05) is 24.3 Å². The lowest BCUT2D eigenvalue weighted by molar-refractivity contribution is -0.140. The van der Waals surface area contributed by atoms with Crippen molar-refractivity contribution in [3.63, 3.8) is 0 Å². The molecule has 0 radical (unpaired) electrons. The predicted octanol–water partition coefficient (Wildman–Crippen LogP) is 1.96. The molecule has 2 amide bonds. The van der Waals surface area contributed by atoms with Crippen LogP contribution in [0.3, 0.4) is 0 Å². The zero-order valence-corrected chi connectivity index (χ0v) is 19.5. The summed E-state index contributed by atoms with van der Waals surface area (Å²) in [4.78, 5) is 31.0. The van der Waals surface area contributed by atoms with E-state index in [0.717, 1.165) is 18.6 Å². The molecule has 30 heavy (non-hydrogen) atoms. The summed E-state index contributed by atoms with van der Waals surface area (Å²) in [6.07, 6.45) is 6.65. The minimum Gasteiger partial charge on any atom is -0.497 e. The van der Waals surface area contributed by atoms with Crippen molar-refractivity contribution in [1.29, 1.82) is 0 Å². The van der Waals surface area contributed by atoms with Crippen LogP contribution in [0, 0.1) is 23.7 Å². The topological polar surface area (TPSA) is 97.0 Å². The lowest BCUT2D eigenvalue weighted by Crippen LogP contribution is -2.35. The van der Waals surface area contributed by atoms with Crippen LogP contribution >= 0.6 is 24.0 Å². The number of fused-ring (bicyclic) bond motifs is 5. The smallest absolute Gasteiger partial charge is 0.233 e. The number of nitrogens with zero attached hydrogens (tertiary/aromatic N) is 2. The number of halogens is 1. The molecule has 1 aliphatic heterocycles. The second-order valence-corrected chi connectivity index (χ2v) is 7.97. The average Bonchev–Trinajstić information content (AvgIpc) is 3.41. The summed E-state index contributed by atoms with van der Waals surface area (Å²) < 4.78 is 5.15. The molecule has 2 bridgehead atoms. The van der Waals surface area contributed by atoms with Crippen LogP contribution in [0.4, 0.5) is 0 Å². The SMILES string of the molecule is COc1ccc(CCNC(N)=NCCCN2C(=O)C3C4C=CC(C4)C3C2=O)cc1.I. The highest BCUT2D eigenvalue weighted by Crippen LogP contribution is 2.52. The highest BCUT2D eigenvalue weighted by molar-refractivity contribution is 14.0. The summed E-state index contributed by atoms with van der Waals surface area (Å²) in [5.74, 6) is 1.52. The van der Waals surface area contributed by atoms with Crippen LogP contribution in [-0.2, 0) is 16.0 Å². The normalized spacial score (nSPS) is 26.7. The summed E-state index contributed by atoms with van der Waals surface area (Å²) in [5.41, 5.74) is 7.10. The monoisotopic (exact) mass is 524 g/mol. The standard InChI is InChI=1S/C22H28N4O3.HI/c1-29-17-7-3-14(4-8-17)9-11-25-22(23)24-10-2-12-26-20(27)18-15-5-6-16(13-15)19(18)21(26)28;/h3-8,15-16,18-19H,2,9-13H2,1H3,(H3,23,24,25);1H. The molecule has 1 heterocycles. The first kappa shape index (κ1) is 22.6. The summed E-state index contributed by atoms with van der Waals surface area (Å²) in [7, 11) is 1.65. The number of carbonyl (C=O) groups is 2. The van der Waals surface area contributed by atoms with Gasteiger partial charge < -0.3 is 15.8 Å². The molecule has 4 rings (SSSR count). The number of allylic oxidation sites excluding steroid dienone is 2. The number of nitrogens with two attached hydrogens (primary N) is 1. The van der Waals surface area contributed by atoms with Gasteiger partial charge in [-0.1, -0.05) is 24.3 Å². The number of rotatable bonds is 8. The van der Waals surface area contributed by atoms with Gasteiger partial charge in [0.1, 0.15) is 5.75 Å². The maximum atomic E-state index is 12.6. The first-order valence-electron chi connectivity index (χ1n) is 10.3. The molecule has 1 aromatic rings. The lowest BCUT2D eigenvalue weighted by Gasteiger charge is -2.16. The fourth-order valence-corrected chi connectivity index (χ4v) is 4.80. The molecular weight excluding hydrogens is 495 g/mol. The van der Waals surface area contributed by atoms with Crippen LogP contribution in [-0.4, -0.2) is 49.4 Å². The van der Waals surface area contributed by atoms with Crippen molar-refractivity contribution < 1.29 is 14.3 Å². The Labute approximate surface area is 194 Å². The number of hydrogen-bond donors (Lipinski definition) is 2. The Kier molecular flexibility index (Phi) is 7.38. The van der Waals surface area contributed by atoms with Crippen molar-refractivity contribution in [1.82, 2.24) is 10.2 Å². The van der Waals surface area contributed by atoms with E-state index in [1.54, 1.807) is 7.11 Å². The van der Waals surface area contributed by atoms with E-state index >= 15 is 0 Å². The minimum absolute atomic E-state index is 0. The quantitative estimate of drug-likeness (QED) is 0.135. The van der Waals surface area contributed by atoms with Gasteiger partial charge in [0.05, 0.1) is 18.9 Å². The van der Waals surface area contributed by atoms with Gasteiger partial charge in [0.2, 0.25) is 11.8 Å². The second kappa shape index (κ2) is 9.80. The van der Waals surface area contributed by atoms with Gasteiger partial charge in [0.15, 0.2) is 5.96 Å². The molecule has 1 saturated carbocycles. The number of hydrogen-bond acceptors (Lipinski definition) is 4. The number of amides is 2. The van der Waals surface area contributed by atoms with Gasteiger partial charge in [-0.05, 0) is 48.8 Å². The van der Waals surface area contributed by atoms with Crippen LogP contribution in [0.1, 0.15) is 18.4 Å². The maximum Gasteiger partial charge on any atom is 0.233 e. The summed E-state index contributed by atoms with van der Waals surface area (Å²) >= 11 is 0. The zero-order valence-electron chi connectivity index (χ0n) is 17.1. The number of aliphatic imine (C=N–C) groups is 1. The van der Waals surface area contributed by atoms with Gasteiger partial charge in [-0.15, -0.1) is 24.0 Å². The molecule has 162 valence electrons. The number of guanidine groups is 1. The molecule has 2 aliphatic carbocycles. The van der Waals surface area contributed by atoms with Crippen LogP contribution in [0.25, 0.3) is 0 Å². The van der Waals surface area contributed by atoms with E-state index in [4.69, 9.17) is 10.5 Å². The molecule has 3 aliphatic rings. The Morgan fingerprint density at radius 3 is 2.40 bits per heavy atom. The Morgan fingerprint density at radius 2 is 1.80 bits per heavy atom. The molecule has 3 N–H and O–H groups in total. The first-order chi connectivity index (χ1) is 14.1. The summed E-state index contributed by atoms with van der Waals surface area (Å²) in [5, 5.41) is 3.10. The van der Waals surface area contributed by atoms with E-state index in [1.165, 1.54) is 10.5 Å². The maximum absolute atomic E-state index is 12.6. The minimum atomic E-state index is -0.120. The summed E-state index contributed by atoms with van der Waals surface area (Å²) in [6, 6.07) is 7.91. The van der Waals surface area contributed by atoms with Gasteiger partial charge in [0.25, 0.3) is 0 Å². The van der Waals surface area contributed by atoms with E-state index in [9.17, 15) is 9.59 Å². The van der Waals surface area contributed by atoms with Gasteiger partial charge in [-0.2, -0.15) is 0 Å². The Balaban J connectivity index is 0.00000256. The van der Waals surface area contributed by atoms with Crippen LogP contribution in [0.15, 0.2) is 41.4 Å². The largest absolute Gasteiger partial charge is 0.497 e. The molecule has 2 fully saturated rings. The molecular formula is C22H29IN4O3. The second-order valence-electron chi connectivity index (χ2n) is 7.97. The van der Waals surface area contributed by atoms with Gasteiger partial charge in [-0.25, -0.2) is 0 Å². The molecule has 8 heteroatoms. The van der Waals surface area contributed by atoms with E-state index in [2.05, 4.69) is 22.5 Å². The number of ether oxygens (including phenoxy) is 1. The third kappa shape index (κ3) is 4.48. The highest BCUT2D eigenvalue weighted by atomic mass is 127. The molecule has 4 unspecified atom stereocenters. The van der Waals surface area contributed by atoms with Gasteiger partial charge in [0, 0.05) is 19.6 Å². The lowest BCUT2D eigenvalue weighted by atomic mass is 9.85.